The average molecular weight is 368 g/mol. The third kappa shape index (κ3) is 3.16. The van der Waals surface area contributed by atoms with E-state index in [-0.39, 0.29) is 17.7 Å². The molecule has 1 saturated heterocycles. The van der Waals surface area contributed by atoms with Crippen molar-refractivity contribution in [3.8, 4) is 0 Å². The third-order valence-corrected chi connectivity index (χ3v) is 4.68. The average Bonchev–Trinajstić information content (AvgIpc) is 3.37. The van der Waals surface area contributed by atoms with Crippen LogP contribution in [0, 0.1) is 0 Å². The Morgan fingerprint density at radius 2 is 1.81 bits per heavy atom. The Hall–Kier alpha value is -3.23. The molecule has 9 heteroatoms. The van der Waals surface area contributed by atoms with Crippen LogP contribution in [0.1, 0.15) is 46.5 Å². The Morgan fingerprint density at radius 3 is 2.44 bits per heavy atom. The van der Waals surface area contributed by atoms with Gasteiger partial charge in [0.15, 0.2) is 5.76 Å². The molecule has 9 nitrogen and oxygen atoms in total. The van der Waals surface area contributed by atoms with Gasteiger partial charge in [-0.05, 0) is 24.1 Å². The molecule has 0 saturated carbocycles. The molecule has 4 rings (SSSR count). The van der Waals surface area contributed by atoms with Crippen molar-refractivity contribution in [1.82, 2.24) is 29.4 Å². The maximum atomic E-state index is 12.9. The van der Waals surface area contributed by atoms with Crippen molar-refractivity contribution in [2.24, 2.45) is 0 Å². The number of fused-ring (bicyclic) bond motifs is 1. The monoisotopic (exact) mass is 368 g/mol. The van der Waals surface area contributed by atoms with Crippen LogP contribution in [-0.2, 0) is 0 Å². The molecule has 0 aromatic carbocycles. The van der Waals surface area contributed by atoms with Crippen molar-refractivity contribution in [3.05, 3.63) is 47.9 Å². The zero-order valence-corrected chi connectivity index (χ0v) is 15.2. The molecule has 0 spiro atoms. The van der Waals surface area contributed by atoms with Crippen molar-refractivity contribution >= 4 is 17.6 Å². The van der Waals surface area contributed by atoms with E-state index in [1.165, 1.54) is 12.6 Å². The van der Waals surface area contributed by atoms with Crippen LogP contribution in [0.2, 0.25) is 0 Å². The first-order valence-corrected chi connectivity index (χ1v) is 8.87. The number of amides is 2. The molecule has 3 aromatic rings. The van der Waals surface area contributed by atoms with E-state index >= 15 is 0 Å². The molecule has 0 aliphatic carbocycles. The maximum Gasteiger partial charge on any atom is 0.289 e. The SMILES string of the molecule is CC(C)c1cc(C(=O)N2CCN(C(=O)c3ccco3)CC2)nc2ncnn12. The molecule has 2 amide bonds. The Bertz CT molecular complexity index is 970. The molecule has 0 bridgehead atoms. The number of hydrogen-bond acceptors (Lipinski definition) is 6. The largest absolute Gasteiger partial charge is 0.459 e. The predicted octanol–water partition coefficient (Wildman–Crippen LogP) is 1.44. The molecule has 0 unspecified atom stereocenters. The summed E-state index contributed by atoms with van der Waals surface area (Å²) in [5.74, 6) is 0.586. The third-order valence-electron chi connectivity index (χ3n) is 4.68. The fourth-order valence-electron chi connectivity index (χ4n) is 3.19. The highest BCUT2D eigenvalue weighted by atomic mass is 16.3. The zero-order valence-electron chi connectivity index (χ0n) is 15.2. The number of carbonyl (C=O) groups excluding carboxylic acids is 2. The first-order chi connectivity index (χ1) is 13.0. The molecule has 0 N–H and O–H groups in total. The van der Waals surface area contributed by atoms with Crippen LogP contribution >= 0.6 is 0 Å². The van der Waals surface area contributed by atoms with Crippen LogP contribution in [-0.4, -0.2) is 67.4 Å². The second-order valence-corrected chi connectivity index (χ2v) is 6.75. The first-order valence-electron chi connectivity index (χ1n) is 8.87. The highest BCUT2D eigenvalue weighted by Crippen LogP contribution is 2.17. The topological polar surface area (TPSA) is 96.8 Å². The highest BCUT2D eigenvalue weighted by molar-refractivity contribution is 5.94. The van der Waals surface area contributed by atoms with Gasteiger partial charge in [-0.25, -0.2) is 9.50 Å². The Morgan fingerprint density at radius 1 is 1.11 bits per heavy atom. The second-order valence-electron chi connectivity index (χ2n) is 6.75. The van der Waals surface area contributed by atoms with Gasteiger partial charge in [-0.15, -0.1) is 0 Å². The van der Waals surface area contributed by atoms with Gasteiger partial charge in [0, 0.05) is 26.2 Å². The van der Waals surface area contributed by atoms with Gasteiger partial charge < -0.3 is 14.2 Å². The Kier molecular flexibility index (Phi) is 4.35. The minimum Gasteiger partial charge on any atom is -0.459 e. The summed E-state index contributed by atoms with van der Waals surface area (Å²) in [6.07, 6.45) is 2.91. The van der Waals surface area contributed by atoms with Crippen molar-refractivity contribution in [2.75, 3.05) is 26.2 Å². The molecule has 4 heterocycles. The van der Waals surface area contributed by atoms with Gasteiger partial charge >= 0.3 is 0 Å². The lowest BCUT2D eigenvalue weighted by atomic mass is 10.1. The number of aromatic nitrogens is 4. The molecule has 140 valence electrons. The van der Waals surface area contributed by atoms with Crippen LogP contribution in [0.15, 0.2) is 35.2 Å². The summed E-state index contributed by atoms with van der Waals surface area (Å²) in [5.41, 5.74) is 1.23. The fraction of sp³-hybridized carbons (Fsp3) is 0.389. The molecule has 0 radical (unpaired) electrons. The predicted molar refractivity (Wildman–Crippen MR) is 95.4 cm³/mol. The number of rotatable bonds is 3. The molecular weight excluding hydrogens is 348 g/mol. The van der Waals surface area contributed by atoms with Gasteiger partial charge in [-0.1, -0.05) is 13.8 Å². The van der Waals surface area contributed by atoms with E-state index in [0.29, 0.717) is 43.4 Å². The summed E-state index contributed by atoms with van der Waals surface area (Å²) in [5, 5.41) is 4.17. The summed E-state index contributed by atoms with van der Waals surface area (Å²) in [6, 6.07) is 5.10. The molecule has 0 atom stereocenters. The van der Waals surface area contributed by atoms with Gasteiger partial charge in [0.25, 0.3) is 17.6 Å². The van der Waals surface area contributed by atoms with E-state index in [0.717, 1.165) is 5.69 Å². The maximum absolute atomic E-state index is 12.9. The van der Waals surface area contributed by atoms with Gasteiger partial charge in [0.2, 0.25) is 0 Å². The quantitative estimate of drug-likeness (QED) is 0.694. The van der Waals surface area contributed by atoms with E-state index in [4.69, 9.17) is 4.42 Å². The van der Waals surface area contributed by atoms with E-state index in [1.54, 1.807) is 32.5 Å². The summed E-state index contributed by atoms with van der Waals surface area (Å²) < 4.78 is 6.82. The number of furan rings is 1. The lowest BCUT2D eigenvalue weighted by Crippen LogP contribution is -2.50. The Balaban J connectivity index is 1.50. The molecular formula is C18H20N6O3. The van der Waals surface area contributed by atoms with Gasteiger partial charge in [-0.2, -0.15) is 10.1 Å². The van der Waals surface area contributed by atoms with Crippen molar-refractivity contribution in [3.63, 3.8) is 0 Å². The van der Waals surface area contributed by atoms with Crippen molar-refractivity contribution in [1.29, 1.82) is 0 Å². The van der Waals surface area contributed by atoms with Gasteiger partial charge in [0.05, 0.1) is 12.0 Å². The number of nitrogens with zero attached hydrogens (tertiary/aromatic N) is 6. The summed E-state index contributed by atoms with van der Waals surface area (Å²) in [6.45, 7) is 5.86. The van der Waals surface area contributed by atoms with Gasteiger partial charge in [-0.3, -0.25) is 9.59 Å². The van der Waals surface area contributed by atoms with E-state index in [9.17, 15) is 9.59 Å². The molecule has 1 aliphatic rings. The van der Waals surface area contributed by atoms with Crippen LogP contribution < -0.4 is 0 Å². The zero-order chi connectivity index (χ0) is 19.0. The summed E-state index contributed by atoms with van der Waals surface area (Å²) in [4.78, 5) is 37.1. The van der Waals surface area contributed by atoms with Crippen LogP contribution in [0.4, 0.5) is 0 Å². The minimum atomic E-state index is -0.160. The molecule has 1 fully saturated rings. The van der Waals surface area contributed by atoms with Crippen molar-refractivity contribution in [2.45, 2.75) is 19.8 Å². The Labute approximate surface area is 155 Å². The fourth-order valence-corrected chi connectivity index (χ4v) is 3.19. The number of hydrogen-bond donors (Lipinski definition) is 0. The normalized spacial score (nSPS) is 14.9. The summed E-state index contributed by atoms with van der Waals surface area (Å²) >= 11 is 0. The lowest BCUT2D eigenvalue weighted by molar-refractivity contribution is 0.0515. The van der Waals surface area contributed by atoms with Crippen molar-refractivity contribution < 1.29 is 14.0 Å². The van der Waals surface area contributed by atoms with E-state index < -0.39 is 0 Å². The highest BCUT2D eigenvalue weighted by Gasteiger charge is 2.28. The molecule has 1 aliphatic heterocycles. The number of piperazine rings is 1. The first kappa shape index (κ1) is 17.2. The standard InChI is InChI=1S/C18H20N6O3/c1-12(2)14-10-13(21-18-19-11-20-24(14)18)16(25)22-5-7-23(8-6-22)17(26)15-4-3-9-27-15/h3-4,9-12H,5-8H2,1-2H3. The van der Waals surface area contributed by atoms with Gasteiger partial charge in [0.1, 0.15) is 12.0 Å². The van der Waals surface area contributed by atoms with E-state index in [2.05, 4.69) is 15.1 Å². The lowest BCUT2D eigenvalue weighted by Gasteiger charge is -2.34. The minimum absolute atomic E-state index is 0.155. The second kappa shape index (κ2) is 6.82. The van der Waals surface area contributed by atoms with Crippen LogP contribution in [0.25, 0.3) is 5.78 Å². The number of carbonyl (C=O) groups is 2. The molecule has 3 aromatic heterocycles. The molecule has 27 heavy (non-hydrogen) atoms. The van der Waals surface area contributed by atoms with Crippen LogP contribution in [0.5, 0.6) is 0 Å². The van der Waals surface area contributed by atoms with Crippen LogP contribution in [0.3, 0.4) is 0 Å². The van der Waals surface area contributed by atoms with E-state index in [1.807, 2.05) is 13.8 Å². The smallest absolute Gasteiger partial charge is 0.289 e. The summed E-state index contributed by atoms with van der Waals surface area (Å²) in [7, 11) is 0.